The zero-order chi connectivity index (χ0) is 20.1. The van der Waals surface area contributed by atoms with E-state index in [-0.39, 0.29) is 17.0 Å². The van der Waals surface area contributed by atoms with Gasteiger partial charge in [-0.1, -0.05) is 42.5 Å². The number of imidazole rings is 1. The average molecular weight is 385 g/mol. The fraction of sp³-hybridized carbons (Fsp3) is 0.150. The van der Waals surface area contributed by atoms with Gasteiger partial charge in [0.2, 0.25) is 5.91 Å². The summed E-state index contributed by atoms with van der Waals surface area (Å²) >= 11 is 0. The van der Waals surface area contributed by atoms with Crippen LogP contribution in [0.1, 0.15) is 24.9 Å². The zero-order valence-corrected chi connectivity index (χ0v) is 14.9. The number of halogens is 2. The number of carbonyl (C=O) groups excluding carboxylic acids is 2. The van der Waals surface area contributed by atoms with Gasteiger partial charge in [-0.25, -0.2) is 9.78 Å². The average Bonchev–Trinajstić information content (AvgIpc) is 3.04. The Kier molecular flexibility index (Phi) is 5.78. The van der Waals surface area contributed by atoms with Crippen molar-refractivity contribution in [2.24, 2.45) is 0 Å². The van der Waals surface area contributed by atoms with E-state index in [9.17, 15) is 18.4 Å². The number of carbonyl (C=O) groups is 2. The van der Waals surface area contributed by atoms with Crippen molar-refractivity contribution in [3.63, 3.8) is 0 Å². The van der Waals surface area contributed by atoms with Crippen molar-refractivity contribution >= 4 is 29.0 Å². The van der Waals surface area contributed by atoms with Crippen LogP contribution in [0.15, 0.2) is 60.3 Å². The first-order chi connectivity index (χ1) is 13.5. The van der Waals surface area contributed by atoms with Crippen molar-refractivity contribution in [3.05, 3.63) is 71.7 Å². The van der Waals surface area contributed by atoms with Crippen LogP contribution < -0.4 is 5.32 Å². The number of ether oxygens (including phenoxy) is 1. The van der Waals surface area contributed by atoms with Gasteiger partial charge < -0.3 is 10.1 Å². The number of fused-ring (bicyclic) bond motifs is 1. The van der Waals surface area contributed by atoms with Gasteiger partial charge in [0.05, 0.1) is 11.0 Å². The summed E-state index contributed by atoms with van der Waals surface area (Å²) in [6, 6.07) is 15.2. The highest BCUT2D eigenvalue weighted by Gasteiger charge is 2.20. The summed E-state index contributed by atoms with van der Waals surface area (Å²) in [5.74, 6) is -1.41. The number of nitrogens with zero attached hydrogens (tertiary/aromatic N) is 2. The molecule has 0 saturated heterocycles. The van der Waals surface area contributed by atoms with Crippen LogP contribution in [0.3, 0.4) is 0 Å². The Hall–Kier alpha value is -3.55. The number of alkyl halides is 2. The Morgan fingerprint density at radius 1 is 1.14 bits per heavy atom. The molecule has 0 spiro atoms. The van der Waals surface area contributed by atoms with Gasteiger partial charge in [0.15, 0.2) is 5.82 Å². The van der Waals surface area contributed by atoms with Crippen LogP contribution in [0.5, 0.6) is 0 Å². The smallest absolute Gasteiger partial charge is 0.355 e. The van der Waals surface area contributed by atoms with E-state index in [2.05, 4.69) is 10.3 Å². The molecule has 1 aromatic heterocycles. The number of aromatic nitrogens is 2. The van der Waals surface area contributed by atoms with E-state index in [1.54, 1.807) is 42.5 Å². The van der Waals surface area contributed by atoms with Crippen molar-refractivity contribution in [2.45, 2.75) is 20.1 Å². The van der Waals surface area contributed by atoms with Crippen molar-refractivity contribution in [1.82, 2.24) is 14.9 Å². The summed E-state index contributed by atoms with van der Waals surface area (Å²) in [6.07, 6.45) is 1.44. The topological polar surface area (TPSA) is 73.2 Å². The molecular weight excluding hydrogens is 368 g/mol. The molecule has 1 heterocycles. The third kappa shape index (κ3) is 4.40. The van der Waals surface area contributed by atoms with Gasteiger partial charge >= 0.3 is 12.5 Å². The zero-order valence-electron chi connectivity index (χ0n) is 14.9. The summed E-state index contributed by atoms with van der Waals surface area (Å²) in [6.45, 7) is -2.05. The van der Waals surface area contributed by atoms with Gasteiger partial charge in [0.25, 0.3) is 0 Å². The number of hydrogen-bond donors (Lipinski definition) is 1. The fourth-order valence-electron chi connectivity index (χ4n) is 2.67. The fourth-order valence-corrected chi connectivity index (χ4v) is 2.67. The first-order valence-corrected chi connectivity index (χ1v) is 8.41. The predicted octanol–water partition coefficient (Wildman–Crippen LogP) is 3.65. The molecule has 144 valence electrons. The molecule has 0 aliphatic carbocycles. The molecule has 0 radical (unpaired) electrons. The maximum Gasteiger partial charge on any atom is 0.355 e. The SMILES string of the molecule is CC(=O)NC(=Cc1ccccc1)C(=O)OCc1nc2ccccc2n1C(F)F. The van der Waals surface area contributed by atoms with Crippen LogP contribution in [0.2, 0.25) is 0 Å². The lowest BCUT2D eigenvalue weighted by Crippen LogP contribution is -2.26. The summed E-state index contributed by atoms with van der Waals surface area (Å²) < 4.78 is 32.7. The third-order valence-corrected chi connectivity index (χ3v) is 3.84. The highest BCUT2D eigenvalue weighted by atomic mass is 19.3. The Balaban J connectivity index is 1.83. The number of esters is 1. The summed E-state index contributed by atoms with van der Waals surface area (Å²) in [7, 11) is 0. The third-order valence-electron chi connectivity index (χ3n) is 3.84. The van der Waals surface area contributed by atoms with Crippen LogP contribution in [0, 0.1) is 0 Å². The molecule has 3 rings (SSSR count). The number of amides is 1. The van der Waals surface area contributed by atoms with Crippen LogP contribution >= 0.6 is 0 Å². The quantitative estimate of drug-likeness (QED) is 0.519. The largest absolute Gasteiger partial charge is 0.453 e. The van der Waals surface area contributed by atoms with Crippen molar-refractivity contribution in [3.8, 4) is 0 Å². The Labute approximate surface area is 159 Å². The van der Waals surface area contributed by atoms with Gasteiger partial charge in [-0.2, -0.15) is 8.78 Å². The molecule has 1 amide bonds. The minimum absolute atomic E-state index is 0.0913. The van der Waals surface area contributed by atoms with Crippen LogP contribution in [-0.4, -0.2) is 21.4 Å². The monoisotopic (exact) mass is 385 g/mol. The lowest BCUT2D eigenvalue weighted by atomic mass is 10.2. The molecular formula is C20H17F2N3O3. The van der Waals surface area contributed by atoms with Crippen molar-refractivity contribution < 1.29 is 23.1 Å². The Bertz CT molecular complexity index is 1030. The van der Waals surface area contributed by atoms with Gasteiger partial charge in [-0.05, 0) is 23.8 Å². The van der Waals surface area contributed by atoms with Crippen molar-refractivity contribution in [2.75, 3.05) is 0 Å². The van der Waals surface area contributed by atoms with E-state index in [1.165, 1.54) is 19.1 Å². The highest BCUT2D eigenvalue weighted by Crippen LogP contribution is 2.23. The van der Waals surface area contributed by atoms with E-state index >= 15 is 0 Å². The minimum atomic E-state index is -2.84. The van der Waals surface area contributed by atoms with Gasteiger partial charge in [0.1, 0.15) is 12.3 Å². The van der Waals surface area contributed by atoms with Crippen LogP contribution in [-0.2, 0) is 20.9 Å². The molecule has 2 aromatic carbocycles. The van der Waals surface area contributed by atoms with Crippen molar-refractivity contribution in [1.29, 1.82) is 0 Å². The molecule has 0 bridgehead atoms. The molecule has 1 N–H and O–H groups in total. The summed E-state index contributed by atoms with van der Waals surface area (Å²) in [5.41, 5.74) is 1.18. The first-order valence-electron chi connectivity index (χ1n) is 8.41. The Morgan fingerprint density at radius 2 is 1.82 bits per heavy atom. The van der Waals surface area contributed by atoms with Gasteiger partial charge in [0, 0.05) is 6.92 Å². The minimum Gasteiger partial charge on any atom is -0.453 e. The van der Waals surface area contributed by atoms with E-state index < -0.39 is 25.0 Å². The molecule has 0 fully saturated rings. The molecule has 0 saturated carbocycles. The molecule has 0 aliphatic heterocycles. The molecule has 28 heavy (non-hydrogen) atoms. The highest BCUT2D eigenvalue weighted by molar-refractivity contribution is 5.97. The first kappa shape index (κ1) is 19.2. The Morgan fingerprint density at radius 3 is 2.50 bits per heavy atom. The molecule has 0 atom stereocenters. The van der Waals surface area contributed by atoms with Gasteiger partial charge in [-0.3, -0.25) is 9.36 Å². The predicted molar refractivity (Wildman–Crippen MR) is 99.0 cm³/mol. The van der Waals surface area contributed by atoms with E-state index in [1.807, 2.05) is 6.07 Å². The molecule has 0 unspecified atom stereocenters. The second kappa shape index (κ2) is 8.43. The molecule has 8 heteroatoms. The van der Waals surface area contributed by atoms with Gasteiger partial charge in [-0.15, -0.1) is 0 Å². The summed E-state index contributed by atoms with van der Waals surface area (Å²) in [5, 5.41) is 2.40. The second-order valence-corrected chi connectivity index (χ2v) is 5.89. The lowest BCUT2D eigenvalue weighted by molar-refractivity contribution is -0.142. The van der Waals surface area contributed by atoms with E-state index in [0.29, 0.717) is 15.6 Å². The molecule has 3 aromatic rings. The van der Waals surface area contributed by atoms with Crippen LogP contribution in [0.25, 0.3) is 17.1 Å². The summed E-state index contributed by atoms with van der Waals surface area (Å²) in [4.78, 5) is 27.9. The number of nitrogens with one attached hydrogen (secondary N) is 1. The maximum atomic E-state index is 13.4. The number of rotatable bonds is 6. The molecule has 6 nitrogen and oxygen atoms in total. The maximum absolute atomic E-state index is 13.4. The normalized spacial score (nSPS) is 11.6. The number of hydrogen-bond acceptors (Lipinski definition) is 4. The number of para-hydroxylation sites is 2. The van der Waals surface area contributed by atoms with E-state index in [4.69, 9.17) is 4.74 Å². The second-order valence-electron chi connectivity index (χ2n) is 5.89. The van der Waals surface area contributed by atoms with Crippen LogP contribution in [0.4, 0.5) is 8.78 Å². The standard InChI is InChI=1S/C20H17F2N3O3/c1-13(26)23-16(11-14-7-3-2-4-8-14)19(27)28-12-18-24-15-9-5-6-10-17(15)25(18)20(21)22/h2-11,20H,12H2,1H3,(H,23,26). The molecule has 0 aliphatic rings. The number of benzene rings is 2. The van der Waals surface area contributed by atoms with E-state index in [0.717, 1.165) is 0 Å². The lowest BCUT2D eigenvalue weighted by Gasteiger charge is -2.11.